The van der Waals surface area contributed by atoms with Crippen molar-refractivity contribution in [1.82, 2.24) is 0 Å². The normalized spacial score (nSPS) is 13.9. The van der Waals surface area contributed by atoms with E-state index in [0.717, 1.165) is 19.3 Å². The van der Waals surface area contributed by atoms with Gasteiger partial charge in [0.15, 0.2) is 0 Å². The van der Waals surface area contributed by atoms with Gasteiger partial charge in [-0.15, -0.1) is 0 Å². The zero-order valence-corrected chi connectivity index (χ0v) is 9.70. The average molecular weight is 214 g/mol. The summed E-state index contributed by atoms with van der Waals surface area (Å²) in [7, 11) is 0. The van der Waals surface area contributed by atoms with Gasteiger partial charge in [-0.3, -0.25) is 0 Å². The van der Waals surface area contributed by atoms with Gasteiger partial charge >= 0.3 is 5.97 Å². The molecule has 1 atom stereocenters. The summed E-state index contributed by atoms with van der Waals surface area (Å²) in [5, 5.41) is 17.6. The SMILES string of the molecule is CCCCCC(C=C(C)C(=O)O)CCO. The van der Waals surface area contributed by atoms with Crippen molar-refractivity contribution < 1.29 is 15.0 Å². The van der Waals surface area contributed by atoms with Gasteiger partial charge in [0.2, 0.25) is 0 Å². The van der Waals surface area contributed by atoms with Gasteiger partial charge in [-0.1, -0.05) is 32.3 Å². The van der Waals surface area contributed by atoms with Crippen LogP contribution in [0.15, 0.2) is 11.6 Å². The molecule has 3 nitrogen and oxygen atoms in total. The molecule has 0 saturated heterocycles. The standard InChI is InChI=1S/C12H22O3/c1-3-4-5-6-11(7-8-13)9-10(2)12(14)15/h9,11,13H,3-8H2,1-2H3,(H,14,15). The van der Waals surface area contributed by atoms with Gasteiger partial charge in [-0.25, -0.2) is 4.79 Å². The molecule has 88 valence electrons. The number of unbranched alkanes of at least 4 members (excludes halogenated alkanes) is 2. The van der Waals surface area contributed by atoms with Crippen molar-refractivity contribution >= 4 is 5.97 Å². The fourth-order valence-electron chi connectivity index (χ4n) is 1.56. The molecule has 15 heavy (non-hydrogen) atoms. The molecule has 0 fully saturated rings. The highest BCUT2D eigenvalue weighted by molar-refractivity contribution is 5.85. The Labute approximate surface area is 91.8 Å². The molecule has 0 aromatic carbocycles. The van der Waals surface area contributed by atoms with Crippen molar-refractivity contribution in [3.8, 4) is 0 Å². The molecule has 3 heteroatoms. The molecule has 0 aromatic heterocycles. The molecular formula is C12H22O3. The zero-order valence-electron chi connectivity index (χ0n) is 9.70. The first-order valence-corrected chi connectivity index (χ1v) is 5.64. The van der Waals surface area contributed by atoms with Gasteiger partial charge < -0.3 is 10.2 Å². The van der Waals surface area contributed by atoms with E-state index in [9.17, 15) is 4.79 Å². The lowest BCUT2D eigenvalue weighted by Crippen LogP contribution is -2.04. The number of rotatable bonds is 8. The fourth-order valence-corrected chi connectivity index (χ4v) is 1.56. The number of aliphatic hydroxyl groups excluding tert-OH is 1. The Morgan fingerprint density at radius 3 is 2.47 bits per heavy atom. The topological polar surface area (TPSA) is 57.5 Å². The lowest BCUT2D eigenvalue weighted by molar-refractivity contribution is -0.132. The van der Waals surface area contributed by atoms with Crippen LogP contribution >= 0.6 is 0 Å². The van der Waals surface area contributed by atoms with Crippen LogP contribution in [0.5, 0.6) is 0 Å². The van der Waals surface area contributed by atoms with Crippen molar-refractivity contribution in [2.75, 3.05) is 6.61 Å². The van der Waals surface area contributed by atoms with Crippen molar-refractivity contribution in [2.45, 2.75) is 46.0 Å². The molecule has 0 heterocycles. The Bertz CT molecular complexity index is 209. The van der Waals surface area contributed by atoms with Gasteiger partial charge in [-0.05, 0) is 25.7 Å². The van der Waals surface area contributed by atoms with Gasteiger partial charge in [0, 0.05) is 12.2 Å². The van der Waals surface area contributed by atoms with E-state index in [1.54, 1.807) is 13.0 Å². The molecule has 2 N–H and O–H groups in total. The highest BCUT2D eigenvalue weighted by Crippen LogP contribution is 2.16. The summed E-state index contributed by atoms with van der Waals surface area (Å²) >= 11 is 0. The molecule has 0 amide bonds. The summed E-state index contributed by atoms with van der Waals surface area (Å²) in [5.74, 6) is -0.661. The van der Waals surface area contributed by atoms with Crippen LogP contribution in [0.2, 0.25) is 0 Å². The summed E-state index contributed by atoms with van der Waals surface area (Å²) in [6.07, 6.45) is 6.83. The maximum atomic E-state index is 10.6. The average Bonchev–Trinajstić information content (AvgIpc) is 2.18. The van der Waals surface area contributed by atoms with Crippen LogP contribution in [-0.4, -0.2) is 22.8 Å². The minimum atomic E-state index is -0.867. The van der Waals surface area contributed by atoms with Crippen LogP contribution in [0.1, 0.15) is 46.0 Å². The van der Waals surface area contributed by atoms with E-state index in [-0.39, 0.29) is 12.5 Å². The van der Waals surface area contributed by atoms with Crippen LogP contribution in [0.3, 0.4) is 0 Å². The van der Waals surface area contributed by atoms with Crippen LogP contribution in [-0.2, 0) is 4.79 Å². The molecule has 0 aromatic rings. The first-order valence-electron chi connectivity index (χ1n) is 5.64. The van der Waals surface area contributed by atoms with E-state index in [0.29, 0.717) is 12.0 Å². The molecular weight excluding hydrogens is 192 g/mol. The Hall–Kier alpha value is -0.830. The summed E-state index contributed by atoms with van der Waals surface area (Å²) < 4.78 is 0. The number of aliphatic carboxylic acids is 1. The second-order valence-corrected chi connectivity index (χ2v) is 3.92. The molecule has 0 aliphatic carbocycles. The second kappa shape index (κ2) is 8.48. The molecule has 1 unspecified atom stereocenters. The predicted octanol–water partition coefficient (Wildman–Crippen LogP) is 2.60. The molecule has 0 spiro atoms. The van der Waals surface area contributed by atoms with Gasteiger partial charge in [0.05, 0.1) is 0 Å². The van der Waals surface area contributed by atoms with E-state index in [1.807, 2.05) is 0 Å². The second-order valence-electron chi connectivity index (χ2n) is 3.92. The first kappa shape index (κ1) is 14.2. The largest absolute Gasteiger partial charge is 0.478 e. The maximum Gasteiger partial charge on any atom is 0.330 e. The van der Waals surface area contributed by atoms with E-state index in [4.69, 9.17) is 10.2 Å². The van der Waals surface area contributed by atoms with Gasteiger partial charge in [0.25, 0.3) is 0 Å². The third-order valence-corrected chi connectivity index (χ3v) is 2.50. The molecule has 0 aliphatic heterocycles. The van der Waals surface area contributed by atoms with Crippen LogP contribution in [0.25, 0.3) is 0 Å². The fraction of sp³-hybridized carbons (Fsp3) is 0.750. The number of aliphatic hydroxyl groups is 1. The number of carboxylic acid groups (broad SMARTS) is 1. The molecule has 0 bridgehead atoms. The van der Waals surface area contributed by atoms with Gasteiger partial charge in [-0.2, -0.15) is 0 Å². The lowest BCUT2D eigenvalue weighted by atomic mass is 9.96. The zero-order chi connectivity index (χ0) is 11.7. The third-order valence-electron chi connectivity index (χ3n) is 2.50. The van der Waals surface area contributed by atoms with Crippen LogP contribution in [0.4, 0.5) is 0 Å². The van der Waals surface area contributed by atoms with Gasteiger partial charge in [0.1, 0.15) is 0 Å². The number of allylic oxidation sites excluding steroid dienone is 1. The highest BCUT2D eigenvalue weighted by Gasteiger charge is 2.08. The number of hydrogen-bond donors (Lipinski definition) is 2. The van der Waals surface area contributed by atoms with Crippen molar-refractivity contribution in [2.24, 2.45) is 5.92 Å². The van der Waals surface area contributed by atoms with E-state index < -0.39 is 5.97 Å². The molecule has 0 aliphatic rings. The smallest absolute Gasteiger partial charge is 0.330 e. The monoisotopic (exact) mass is 214 g/mol. The lowest BCUT2D eigenvalue weighted by Gasteiger charge is -2.11. The Morgan fingerprint density at radius 2 is 2.00 bits per heavy atom. The summed E-state index contributed by atoms with van der Waals surface area (Å²) in [6.45, 7) is 3.87. The van der Waals surface area contributed by atoms with E-state index >= 15 is 0 Å². The van der Waals surface area contributed by atoms with E-state index in [2.05, 4.69) is 6.92 Å². The van der Waals surface area contributed by atoms with Crippen molar-refractivity contribution in [3.63, 3.8) is 0 Å². The predicted molar refractivity (Wildman–Crippen MR) is 60.7 cm³/mol. The maximum absolute atomic E-state index is 10.6. The number of carboxylic acids is 1. The minimum Gasteiger partial charge on any atom is -0.478 e. The van der Waals surface area contributed by atoms with Crippen LogP contribution in [0, 0.1) is 5.92 Å². The molecule has 0 radical (unpaired) electrons. The third kappa shape index (κ3) is 7.14. The summed E-state index contributed by atoms with van der Waals surface area (Å²) in [5.41, 5.74) is 0.380. The summed E-state index contributed by atoms with van der Waals surface area (Å²) in [6, 6.07) is 0. The van der Waals surface area contributed by atoms with Crippen molar-refractivity contribution in [1.29, 1.82) is 0 Å². The highest BCUT2D eigenvalue weighted by atomic mass is 16.4. The van der Waals surface area contributed by atoms with Crippen molar-refractivity contribution in [3.05, 3.63) is 11.6 Å². The Kier molecular flexibility index (Phi) is 8.01. The van der Waals surface area contributed by atoms with E-state index in [1.165, 1.54) is 6.42 Å². The number of hydrogen-bond acceptors (Lipinski definition) is 2. The Balaban J connectivity index is 4.13. The quantitative estimate of drug-likeness (QED) is 0.482. The number of carbonyl (C=O) groups is 1. The summed E-state index contributed by atoms with van der Waals surface area (Å²) in [4.78, 5) is 10.6. The molecule has 0 rings (SSSR count). The minimum absolute atomic E-state index is 0.125. The Morgan fingerprint density at radius 1 is 1.33 bits per heavy atom. The van der Waals surface area contributed by atoms with Crippen LogP contribution < -0.4 is 0 Å². The molecule has 0 saturated carbocycles. The first-order chi connectivity index (χ1) is 7.11.